The van der Waals surface area contributed by atoms with Crippen LogP contribution >= 0.6 is 23.4 Å². The average molecular weight is 241 g/mol. The smallest absolute Gasteiger partial charge is 0.215 e. The Kier molecular flexibility index (Phi) is 2.98. The number of benzene rings is 1. The number of halogens is 1. The van der Waals surface area contributed by atoms with E-state index in [4.69, 9.17) is 11.6 Å². The first kappa shape index (κ1) is 10.5. The Labute approximate surface area is 97.1 Å². The molecule has 0 N–H and O–H groups in total. The van der Waals surface area contributed by atoms with Crippen LogP contribution in [0.5, 0.6) is 0 Å². The van der Waals surface area contributed by atoms with Crippen LogP contribution in [0.3, 0.4) is 0 Å². The highest BCUT2D eigenvalue weighted by atomic mass is 35.5. The highest BCUT2D eigenvalue weighted by molar-refractivity contribution is 8.26. The molecular formula is C10H9ClN2OS. The van der Waals surface area contributed by atoms with Gasteiger partial charge in [0.25, 0.3) is 0 Å². The van der Waals surface area contributed by atoms with Gasteiger partial charge < -0.3 is 4.90 Å². The van der Waals surface area contributed by atoms with Crippen molar-refractivity contribution in [2.24, 2.45) is 4.99 Å². The molecule has 0 aromatic heterocycles. The van der Waals surface area contributed by atoms with Crippen LogP contribution < -0.4 is 0 Å². The van der Waals surface area contributed by atoms with Gasteiger partial charge in [-0.15, -0.1) is 0 Å². The van der Waals surface area contributed by atoms with E-state index in [1.54, 1.807) is 12.1 Å². The number of nitrogens with zero attached hydrogens (tertiary/aromatic N) is 2. The van der Waals surface area contributed by atoms with E-state index in [2.05, 4.69) is 4.99 Å². The Morgan fingerprint density at radius 2 is 2.07 bits per heavy atom. The molecule has 0 unspecified atom stereocenters. The predicted molar refractivity (Wildman–Crippen MR) is 63.8 cm³/mol. The van der Waals surface area contributed by atoms with Gasteiger partial charge in [0.15, 0.2) is 5.17 Å². The molecule has 1 fully saturated rings. The van der Waals surface area contributed by atoms with Gasteiger partial charge in [-0.3, -0.25) is 4.79 Å². The Morgan fingerprint density at radius 3 is 2.60 bits per heavy atom. The maximum Gasteiger partial charge on any atom is 0.215 e. The fourth-order valence-electron chi connectivity index (χ4n) is 1.21. The zero-order valence-corrected chi connectivity index (χ0v) is 9.68. The topological polar surface area (TPSA) is 32.7 Å². The minimum atomic E-state index is 0.130. The van der Waals surface area contributed by atoms with Crippen LogP contribution in [-0.4, -0.2) is 28.8 Å². The number of hydrogen-bond acceptors (Lipinski definition) is 3. The lowest BCUT2D eigenvalue weighted by Gasteiger charge is -2.07. The van der Waals surface area contributed by atoms with E-state index in [0.717, 1.165) is 10.9 Å². The number of carbonyl (C=O) groups is 1. The van der Waals surface area contributed by atoms with Crippen molar-refractivity contribution < 1.29 is 4.79 Å². The molecule has 3 nitrogen and oxygen atoms in total. The van der Waals surface area contributed by atoms with Crippen LogP contribution in [0.4, 0.5) is 5.69 Å². The Bertz CT molecular complexity index is 416. The number of hydrogen-bond donors (Lipinski definition) is 0. The lowest BCUT2D eigenvalue weighted by molar-refractivity contribution is -0.110. The second kappa shape index (κ2) is 4.24. The van der Waals surface area contributed by atoms with Crippen molar-refractivity contribution in [3.8, 4) is 0 Å². The van der Waals surface area contributed by atoms with Gasteiger partial charge in [0, 0.05) is 12.1 Å². The van der Waals surface area contributed by atoms with Crippen molar-refractivity contribution in [3.63, 3.8) is 0 Å². The maximum absolute atomic E-state index is 11.1. The quantitative estimate of drug-likeness (QED) is 0.756. The Balaban J connectivity index is 2.23. The average Bonchev–Trinajstić information content (AvgIpc) is 2.49. The number of likely N-dealkylation sites (N-methyl/N-ethyl adjacent to an activating group) is 1. The van der Waals surface area contributed by atoms with Crippen molar-refractivity contribution in [2.75, 3.05) is 13.6 Å². The van der Waals surface area contributed by atoms with Crippen LogP contribution in [0.25, 0.3) is 0 Å². The van der Waals surface area contributed by atoms with Crippen molar-refractivity contribution in [1.29, 1.82) is 0 Å². The largest absolute Gasteiger partial charge is 0.346 e. The molecule has 1 aliphatic rings. The molecule has 1 aromatic carbocycles. The second-order valence-electron chi connectivity index (χ2n) is 3.20. The first-order valence-electron chi connectivity index (χ1n) is 4.41. The molecule has 78 valence electrons. The van der Waals surface area contributed by atoms with Crippen LogP contribution in [0.2, 0.25) is 5.02 Å². The molecule has 0 amide bonds. The third kappa shape index (κ3) is 2.52. The summed E-state index contributed by atoms with van der Waals surface area (Å²) in [4.78, 5) is 17.3. The summed E-state index contributed by atoms with van der Waals surface area (Å²) in [7, 11) is 1.85. The molecule has 0 saturated carbocycles. The highest BCUT2D eigenvalue weighted by Gasteiger charge is 2.23. The summed E-state index contributed by atoms with van der Waals surface area (Å²) in [5, 5.41) is 1.55. The molecule has 2 rings (SSSR count). The third-order valence-corrected chi connectivity index (χ3v) is 3.14. The fraction of sp³-hybridized carbons (Fsp3) is 0.200. The zero-order valence-electron chi connectivity index (χ0n) is 8.11. The van der Waals surface area contributed by atoms with Gasteiger partial charge in [-0.2, -0.15) is 0 Å². The summed E-state index contributed by atoms with van der Waals surface area (Å²) < 4.78 is 0. The molecule has 0 radical (unpaired) electrons. The fourth-order valence-corrected chi connectivity index (χ4v) is 2.17. The predicted octanol–water partition coefficient (Wildman–Crippen LogP) is 2.53. The van der Waals surface area contributed by atoms with E-state index >= 15 is 0 Å². The van der Waals surface area contributed by atoms with Gasteiger partial charge in [0.2, 0.25) is 5.12 Å². The SMILES string of the molecule is CN1CC(=O)SC1=Nc1ccc(Cl)cc1. The summed E-state index contributed by atoms with van der Waals surface area (Å²) >= 11 is 6.94. The van der Waals surface area contributed by atoms with E-state index in [0.29, 0.717) is 11.6 Å². The van der Waals surface area contributed by atoms with Gasteiger partial charge in [-0.25, -0.2) is 4.99 Å². The zero-order chi connectivity index (χ0) is 10.8. The van der Waals surface area contributed by atoms with Gasteiger partial charge >= 0.3 is 0 Å². The molecular weight excluding hydrogens is 232 g/mol. The number of aliphatic imine (C=N–C) groups is 1. The maximum atomic E-state index is 11.1. The van der Waals surface area contributed by atoms with Crippen LogP contribution in [0, 0.1) is 0 Å². The number of carbonyl (C=O) groups excluding carboxylic acids is 1. The van der Waals surface area contributed by atoms with Gasteiger partial charge in [-0.05, 0) is 36.0 Å². The van der Waals surface area contributed by atoms with E-state index in [1.165, 1.54) is 11.8 Å². The summed E-state index contributed by atoms with van der Waals surface area (Å²) in [6.07, 6.45) is 0. The third-order valence-electron chi connectivity index (χ3n) is 1.95. The summed E-state index contributed by atoms with van der Waals surface area (Å²) in [6.45, 7) is 0.428. The monoisotopic (exact) mass is 240 g/mol. The summed E-state index contributed by atoms with van der Waals surface area (Å²) in [5.41, 5.74) is 0.809. The molecule has 0 aliphatic carbocycles. The number of amidine groups is 1. The minimum Gasteiger partial charge on any atom is -0.346 e. The lowest BCUT2D eigenvalue weighted by atomic mass is 10.3. The van der Waals surface area contributed by atoms with Crippen LogP contribution in [-0.2, 0) is 4.79 Å². The summed E-state index contributed by atoms with van der Waals surface area (Å²) in [5.74, 6) is 0. The number of rotatable bonds is 1. The molecule has 1 aromatic rings. The second-order valence-corrected chi connectivity index (χ2v) is 4.66. The lowest BCUT2D eigenvalue weighted by Crippen LogP contribution is -2.18. The van der Waals surface area contributed by atoms with E-state index in [-0.39, 0.29) is 5.12 Å². The van der Waals surface area contributed by atoms with E-state index < -0.39 is 0 Å². The molecule has 15 heavy (non-hydrogen) atoms. The van der Waals surface area contributed by atoms with Gasteiger partial charge in [-0.1, -0.05) is 11.6 Å². The first-order chi connectivity index (χ1) is 7.15. The standard InChI is InChI=1S/C10H9ClN2OS/c1-13-6-9(14)15-10(13)12-8-4-2-7(11)3-5-8/h2-5H,6H2,1H3. The first-order valence-corrected chi connectivity index (χ1v) is 5.60. The van der Waals surface area contributed by atoms with Crippen LogP contribution in [0.1, 0.15) is 0 Å². The summed E-state index contributed by atoms with van der Waals surface area (Å²) in [6, 6.07) is 7.21. The molecule has 0 bridgehead atoms. The van der Waals surface area contributed by atoms with Gasteiger partial charge in [0.1, 0.15) is 0 Å². The molecule has 0 atom stereocenters. The minimum absolute atomic E-state index is 0.130. The van der Waals surface area contributed by atoms with E-state index in [9.17, 15) is 4.79 Å². The molecule has 0 spiro atoms. The Hall–Kier alpha value is -1.00. The van der Waals surface area contributed by atoms with Gasteiger partial charge in [0.05, 0.1) is 12.2 Å². The van der Waals surface area contributed by atoms with Crippen LogP contribution in [0.15, 0.2) is 29.3 Å². The molecule has 1 saturated heterocycles. The van der Waals surface area contributed by atoms with Crippen molar-refractivity contribution in [1.82, 2.24) is 4.90 Å². The highest BCUT2D eigenvalue weighted by Crippen LogP contribution is 2.23. The van der Waals surface area contributed by atoms with Crippen molar-refractivity contribution in [3.05, 3.63) is 29.3 Å². The molecule has 1 aliphatic heterocycles. The molecule has 5 heteroatoms. The normalized spacial score (nSPS) is 18.9. The Morgan fingerprint density at radius 1 is 1.40 bits per heavy atom. The molecule has 1 heterocycles. The van der Waals surface area contributed by atoms with E-state index in [1.807, 2.05) is 24.1 Å². The number of thioether (sulfide) groups is 1. The van der Waals surface area contributed by atoms with Crippen molar-refractivity contribution in [2.45, 2.75) is 0 Å². The van der Waals surface area contributed by atoms with Crippen molar-refractivity contribution >= 4 is 39.3 Å².